The summed E-state index contributed by atoms with van der Waals surface area (Å²) in [6, 6.07) is 1.51. The van der Waals surface area contributed by atoms with Crippen molar-refractivity contribution in [3.05, 3.63) is 18.6 Å². The molecule has 0 aliphatic carbocycles. The summed E-state index contributed by atoms with van der Waals surface area (Å²) >= 11 is 0. The summed E-state index contributed by atoms with van der Waals surface area (Å²) in [5.41, 5.74) is 1.11. The Labute approximate surface area is 86.8 Å². The highest BCUT2D eigenvalue weighted by atomic mass is 32.2. The number of imidazole rings is 1. The number of sulfonamides is 1. The molecule has 0 fully saturated rings. The van der Waals surface area contributed by atoms with Gasteiger partial charge in [-0.25, -0.2) is 23.1 Å². The third-order valence-corrected chi connectivity index (χ3v) is 3.41. The summed E-state index contributed by atoms with van der Waals surface area (Å²) in [5, 5.41) is 0. The van der Waals surface area contributed by atoms with E-state index in [9.17, 15) is 8.42 Å². The normalized spacial score (nSPS) is 12.1. The smallest absolute Gasteiger partial charge is 0.242 e. The van der Waals surface area contributed by atoms with Crippen molar-refractivity contribution in [2.24, 2.45) is 0 Å². The molecule has 15 heavy (non-hydrogen) atoms. The molecule has 2 heterocycles. The lowest BCUT2D eigenvalue weighted by Crippen LogP contribution is -2.23. The van der Waals surface area contributed by atoms with Crippen molar-refractivity contribution in [3.8, 4) is 0 Å². The lowest BCUT2D eigenvalue weighted by molar-refractivity contribution is 0.583. The molecule has 0 atom stereocenters. The quantitative estimate of drug-likeness (QED) is 0.785. The van der Waals surface area contributed by atoms with Gasteiger partial charge in [0.1, 0.15) is 4.90 Å². The second kappa shape index (κ2) is 3.59. The summed E-state index contributed by atoms with van der Waals surface area (Å²) in [4.78, 5) is 10.8. The standard InChI is InChI=1S/C8H10N4O2S/c1-2-12-15(13,14)6-3-7-8(9-4-6)11-5-10-7/h3-5,12H,2H2,1H3,(H,9,10,11). The Bertz CT molecular complexity index is 575. The predicted octanol–water partition coefficient (Wildman–Crippen LogP) is 0.256. The number of H-pyrrole nitrogens is 1. The Morgan fingerprint density at radius 2 is 2.27 bits per heavy atom. The largest absolute Gasteiger partial charge is 0.343 e. The monoisotopic (exact) mass is 226 g/mol. The Kier molecular flexibility index (Phi) is 2.41. The van der Waals surface area contributed by atoms with E-state index in [0.29, 0.717) is 17.7 Å². The molecule has 0 amide bonds. The SMILES string of the molecule is CCNS(=O)(=O)c1cnc2nc[nH]c2c1. The van der Waals surface area contributed by atoms with E-state index in [-0.39, 0.29) is 4.90 Å². The van der Waals surface area contributed by atoms with Crippen LogP contribution in [0.4, 0.5) is 0 Å². The van der Waals surface area contributed by atoms with Crippen LogP contribution in [-0.2, 0) is 10.0 Å². The minimum Gasteiger partial charge on any atom is -0.343 e. The summed E-state index contributed by atoms with van der Waals surface area (Å²) in [6.45, 7) is 2.07. The van der Waals surface area contributed by atoms with Crippen molar-refractivity contribution in [1.29, 1.82) is 0 Å². The van der Waals surface area contributed by atoms with Gasteiger partial charge in [-0.05, 0) is 6.07 Å². The highest BCUT2D eigenvalue weighted by molar-refractivity contribution is 7.89. The van der Waals surface area contributed by atoms with Crippen molar-refractivity contribution >= 4 is 21.2 Å². The Morgan fingerprint density at radius 1 is 1.47 bits per heavy atom. The number of nitrogens with zero attached hydrogens (tertiary/aromatic N) is 2. The molecule has 0 radical (unpaired) electrons. The molecule has 80 valence electrons. The van der Waals surface area contributed by atoms with Crippen molar-refractivity contribution in [3.63, 3.8) is 0 Å². The lowest BCUT2D eigenvalue weighted by atomic mass is 10.4. The molecule has 2 rings (SSSR count). The fourth-order valence-electron chi connectivity index (χ4n) is 1.23. The first kappa shape index (κ1) is 10.1. The lowest BCUT2D eigenvalue weighted by Gasteiger charge is -2.02. The third kappa shape index (κ3) is 1.83. The number of aromatic nitrogens is 3. The fourth-order valence-corrected chi connectivity index (χ4v) is 2.24. The van der Waals surface area contributed by atoms with Crippen molar-refractivity contribution in [2.75, 3.05) is 6.54 Å². The zero-order valence-corrected chi connectivity index (χ0v) is 8.87. The van der Waals surface area contributed by atoms with E-state index < -0.39 is 10.0 Å². The Hall–Kier alpha value is -1.47. The fraction of sp³-hybridized carbons (Fsp3) is 0.250. The highest BCUT2D eigenvalue weighted by Gasteiger charge is 2.13. The van der Waals surface area contributed by atoms with Crippen LogP contribution in [-0.4, -0.2) is 29.9 Å². The third-order valence-electron chi connectivity index (χ3n) is 1.89. The van der Waals surface area contributed by atoms with Crippen LogP contribution in [0.15, 0.2) is 23.5 Å². The van der Waals surface area contributed by atoms with Crippen molar-refractivity contribution in [1.82, 2.24) is 19.7 Å². The number of fused-ring (bicyclic) bond motifs is 1. The van der Waals surface area contributed by atoms with Crippen LogP contribution in [0.5, 0.6) is 0 Å². The molecule has 6 nitrogen and oxygen atoms in total. The van der Waals surface area contributed by atoms with Gasteiger partial charge < -0.3 is 4.98 Å². The maximum Gasteiger partial charge on any atom is 0.242 e. The van der Waals surface area contributed by atoms with Crippen LogP contribution < -0.4 is 4.72 Å². The first-order valence-electron chi connectivity index (χ1n) is 4.42. The number of aromatic amines is 1. The summed E-state index contributed by atoms with van der Waals surface area (Å²) in [7, 11) is -3.44. The van der Waals surface area contributed by atoms with Crippen molar-refractivity contribution < 1.29 is 8.42 Å². The molecule has 0 spiro atoms. The van der Waals surface area contributed by atoms with E-state index in [1.807, 2.05) is 0 Å². The first-order valence-corrected chi connectivity index (χ1v) is 5.90. The number of nitrogens with one attached hydrogen (secondary N) is 2. The molecule has 7 heteroatoms. The van der Waals surface area contributed by atoms with Crippen molar-refractivity contribution in [2.45, 2.75) is 11.8 Å². The van der Waals surface area contributed by atoms with Gasteiger partial charge in [0.25, 0.3) is 0 Å². The van der Waals surface area contributed by atoms with Gasteiger partial charge in [0, 0.05) is 12.7 Å². The summed E-state index contributed by atoms with van der Waals surface area (Å²) in [6.07, 6.45) is 2.77. The topological polar surface area (TPSA) is 87.7 Å². The van der Waals surface area contributed by atoms with Crippen LogP contribution in [0.25, 0.3) is 11.2 Å². The molecule has 2 aromatic heterocycles. The van der Waals surface area contributed by atoms with Gasteiger partial charge in [-0.2, -0.15) is 0 Å². The van der Waals surface area contributed by atoms with Gasteiger partial charge in [0.05, 0.1) is 11.8 Å². The van der Waals surface area contributed by atoms with Gasteiger partial charge in [-0.1, -0.05) is 6.92 Å². The molecular formula is C8H10N4O2S. The zero-order chi connectivity index (χ0) is 10.9. The van der Waals surface area contributed by atoms with Gasteiger partial charge in [-0.15, -0.1) is 0 Å². The van der Waals surface area contributed by atoms with E-state index in [1.165, 1.54) is 18.6 Å². The van der Waals surface area contributed by atoms with Crippen LogP contribution in [0.1, 0.15) is 6.92 Å². The van der Waals surface area contributed by atoms with Gasteiger partial charge in [0.15, 0.2) is 5.65 Å². The maximum atomic E-state index is 11.6. The van der Waals surface area contributed by atoms with Crippen LogP contribution in [0.3, 0.4) is 0 Å². The van der Waals surface area contributed by atoms with Gasteiger partial charge in [-0.3, -0.25) is 0 Å². The predicted molar refractivity (Wildman–Crippen MR) is 54.8 cm³/mol. The molecule has 0 saturated carbocycles. The number of hydrogen-bond acceptors (Lipinski definition) is 4. The van der Waals surface area contributed by atoms with Gasteiger partial charge in [0.2, 0.25) is 10.0 Å². The second-order valence-corrected chi connectivity index (χ2v) is 4.71. The molecule has 2 aromatic rings. The molecule has 2 N–H and O–H groups in total. The summed E-state index contributed by atoms with van der Waals surface area (Å²) in [5.74, 6) is 0. The Morgan fingerprint density at radius 3 is 3.00 bits per heavy atom. The summed E-state index contributed by atoms with van der Waals surface area (Å²) < 4.78 is 25.6. The minimum absolute atomic E-state index is 0.140. The minimum atomic E-state index is -3.44. The highest BCUT2D eigenvalue weighted by Crippen LogP contribution is 2.12. The van der Waals surface area contributed by atoms with E-state index in [4.69, 9.17) is 0 Å². The van der Waals surface area contributed by atoms with E-state index in [2.05, 4.69) is 19.7 Å². The molecule has 0 unspecified atom stereocenters. The van der Waals surface area contributed by atoms with Crippen LogP contribution in [0, 0.1) is 0 Å². The molecule has 0 aliphatic heterocycles. The van der Waals surface area contributed by atoms with E-state index in [1.54, 1.807) is 6.92 Å². The molecule has 0 aliphatic rings. The van der Waals surface area contributed by atoms with E-state index >= 15 is 0 Å². The van der Waals surface area contributed by atoms with Gasteiger partial charge >= 0.3 is 0 Å². The molecule has 0 aromatic carbocycles. The first-order chi connectivity index (χ1) is 7.13. The molecule has 0 bridgehead atoms. The Balaban J connectivity index is 2.52. The number of rotatable bonds is 3. The average Bonchev–Trinajstić information content (AvgIpc) is 2.63. The average molecular weight is 226 g/mol. The molecular weight excluding hydrogens is 216 g/mol. The van der Waals surface area contributed by atoms with Crippen LogP contribution >= 0.6 is 0 Å². The number of hydrogen-bond donors (Lipinski definition) is 2. The molecule has 0 saturated heterocycles. The van der Waals surface area contributed by atoms with Crippen LogP contribution in [0.2, 0.25) is 0 Å². The number of pyridine rings is 1. The maximum absolute atomic E-state index is 11.6. The van der Waals surface area contributed by atoms with E-state index in [0.717, 1.165) is 0 Å². The zero-order valence-electron chi connectivity index (χ0n) is 8.06. The second-order valence-electron chi connectivity index (χ2n) is 2.95.